The number of amides is 2. The molecule has 0 aliphatic heterocycles. The van der Waals surface area contributed by atoms with Gasteiger partial charge in [0.2, 0.25) is 12.2 Å². The molecule has 0 fully saturated rings. The van der Waals surface area contributed by atoms with Crippen molar-refractivity contribution in [2.45, 2.75) is 12.5 Å². The summed E-state index contributed by atoms with van der Waals surface area (Å²) in [5.41, 5.74) is 1.45. The van der Waals surface area contributed by atoms with E-state index in [-0.39, 0.29) is 11.5 Å². The third-order valence-corrected chi connectivity index (χ3v) is 3.62. The van der Waals surface area contributed by atoms with Gasteiger partial charge in [-0.1, -0.05) is 60.7 Å². The van der Waals surface area contributed by atoms with E-state index in [1.54, 1.807) is 30.6 Å². The van der Waals surface area contributed by atoms with E-state index in [0.717, 1.165) is 5.56 Å². The van der Waals surface area contributed by atoms with Gasteiger partial charge >= 0.3 is 0 Å². The predicted octanol–water partition coefficient (Wildman–Crippen LogP) is 1.65. The Morgan fingerprint density at radius 2 is 1.64 bits per heavy atom. The Morgan fingerprint density at radius 1 is 1.04 bits per heavy atom. The van der Waals surface area contributed by atoms with Crippen LogP contribution in [0.15, 0.2) is 66.2 Å². The number of carbonyl (C=O) groups excluding carboxylic acids is 3. The molecule has 0 spiro atoms. The number of hydrogen-bond acceptors (Lipinski definition) is 3. The maximum atomic E-state index is 12.4. The van der Waals surface area contributed by atoms with Gasteiger partial charge in [-0.2, -0.15) is 0 Å². The molecule has 2 N–H and O–H groups in total. The predicted molar refractivity (Wildman–Crippen MR) is 96.3 cm³/mol. The lowest BCUT2D eigenvalue weighted by atomic mass is 10.0. The standard InChI is InChI=1S/C20H19N2O3/c1-21-20(25)18(13-16-10-6-3-7-11-16)22-19(24)17(14-23)12-15-8-4-2-5-9-15/h2-12,18H,13H2,1H3,(H,21,25)(H,22,24). The zero-order valence-corrected chi connectivity index (χ0v) is 13.9. The maximum Gasteiger partial charge on any atom is 0.256 e. The van der Waals surface area contributed by atoms with Crippen LogP contribution in [0.4, 0.5) is 0 Å². The lowest BCUT2D eigenvalue weighted by molar-refractivity contribution is -0.126. The molecule has 25 heavy (non-hydrogen) atoms. The number of nitrogens with one attached hydrogen (secondary N) is 2. The summed E-state index contributed by atoms with van der Waals surface area (Å²) < 4.78 is 0. The van der Waals surface area contributed by atoms with Gasteiger partial charge in [0.15, 0.2) is 0 Å². The molecule has 5 heteroatoms. The second-order valence-electron chi connectivity index (χ2n) is 5.40. The molecular weight excluding hydrogens is 316 g/mol. The van der Waals surface area contributed by atoms with Gasteiger partial charge in [0, 0.05) is 13.5 Å². The molecule has 2 rings (SSSR count). The molecule has 1 unspecified atom stereocenters. The van der Waals surface area contributed by atoms with Crippen molar-refractivity contribution in [1.29, 1.82) is 0 Å². The van der Waals surface area contributed by atoms with Crippen molar-refractivity contribution in [1.82, 2.24) is 10.6 Å². The van der Waals surface area contributed by atoms with E-state index in [1.807, 2.05) is 36.4 Å². The molecule has 2 amide bonds. The van der Waals surface area contributed by atoms with Crippen molar-refractivity contribution in [2.24, 2.45) is 0 Å². The zero-order chi connectivity index (χ0) is 18.1. The first kappa shape index (κ1) is 18.1. The molecule has 0 heterocycles. The monoisotopic (exact) mass is 335 g/mol. The van der Waals surface area contributed by atoms with E-state index in [1.165, 1.54) is 13.1 Å². The highest BCUT2D eigenvalue weighted by atomic mass is 16.2. The normalized spacial score (nSPS) is 12.1. The van der Waals surface area contributed by atoms with Crippen LogP contribution in [0.2, 0.25) is 0 Å². The fraction of sp³-hybridized carbons (Fsp3) is 0.150. The van der Waals surface area contributed by atoms with E-state index < -0.39 is 11.9 Å². The topological polar surface area (TPSA) is 75.3 Å². The Labute approximate surface area is 146 Å². The summed E-state index contributed by atoms with van der Waals surface area (Å²) in [7, 11) is 1.50. The Hall–Kier alpha value is -3.21. The first-order valence-corrected chi connectivity index (χ1v) is 7.85. The number of hydrogen-bond donors (Lipinski definition) is 2. The average molecular weight is 335 g/mol. The Kier molecular flexibility index (Phi) is 6.65. The van der Waals surface area contributed by atoms with Crippen molar-refractivity contribution < 1.29 is 14.4 Å². The van der Waals surface area contributed by atoms with Crippen molar-refractivity contribution in [3.63, 3.8) is 0 Å². The van der Waals surface area contributed by atoms with Gasteiger partial charge in [0.05, 0.1) is 5.57 Å². The van der Waals surface area contributed by atoms with Gasteiger partial charge in [-0.25, -0.2) is 0 Å². The maximum absolute atomic E-state index is 12.4. The molecule has 0 saturated heterocycles. The first-order chi connectivity index (χ1) is 12.1. The van der Waals surface area contributed by atoms with Crippen molar-refractivity contribution in [2.75, 3.05) is 7.05 Å². The van der Waals surface area contributed by atoms with E-state index in [2.05, 4.69) is 10.6 Å². The van der Waals surface area contributed by atoms with Crippen LogP contribution in [-0.4, -0.2) is 31.2 Å². The summed E-state index contributed by atoms with van der Waals surface area (Å²) in [6, 6.07) is 17.5. The summed E-state index contributed by atoms with van der Waals surface area (Å²) in [6.45, 7) is 0. The summed E-state index contributed by atoms with van der Waals surface area (Å²) in [5.74, 6) is -0.967. The lowest BCUT2D eigenvalue weighted by Gasteiger charge is -2.17. The highest BCUT2D eigenvalue weighted by Crippen LogP contribution is 2.07. The third kappa shape index (κ3) is 5.42. The van der Waals surface area contributed by atoms with Crippen LogP contribution < -0.4 is 10.6 Å². The molecule has 5 nitrogen and oxygen atoms in total. The van der Waals surface area contributed by atoms with Crippen LogP contribution >= 0.6 is 0 Å². The highest BCUT2D eigenvalue weighted by Gasteiger charge is 2.22. The van der Waals surface area contributed by atoms with E-state index in [0.29, 0.717) is 12.0 Å². The van der Waals surface area contributed by atoms with Gasteiger partial charge in [-0.15, -0.1) is 0 Å². The molecule has 0 saturated carbocycles. The minimum Gasteiger partial charge on any atom is -0.357 e. The second kappa shape index (κ2) is 9.17. The smallest absolute Gasteiger partial charge is 0.256 e. The van der Waals surface area contributed by atoms with E-state index in [4.69, 9.17) is 0 Å². The Morgan fingerprint density at radius 3 is 2.20 bits per heavy atom. The SMILES string of the molecule is CNC(=O)C(Cc1ccccc1)NC(=O)C([C]=O)=Cc1ccccc1. The molecular formula is C20H19N2O3. The third-order valence-electron chi connectivity index (χ3n) is 3.62. The first-order valence-electron chi connectivity index (χ1n) is 7.85. The van der Waals surface area contributed by atoms with E-state index in [9.17, 15) is 14.4 Å². The van der Waals surface area contributed by atoms with E-state index >= 15 is 0 Å². The lowest BCUT2D eigenvalue weighted by Crippen LogP contribution is -2.47. The second-order valence-corrected chi connectivity index (χ2v) is 5.40. The molecule has 2 aromatic carbocycles. The fourth-order valence-corrected chi connectivity index (χ4v) is 2.33. The number of benzene rings is 2. The van der Waals surface area contributed by atoms with Gasteiger partial charge in [0.1, 0.15) is 6.04 Å². The largest absolute Gasteiger partial charge is 0.357 e. The van der Waals surface area contributed by atoms with Crippen molar-refractivity contribution in [3.05, 3.63) is 77.4 Å². The van der Waals surface area contributed by atoms with Crippen LogP contribution in [-0.2, 0) is 20.8 Å². The molecule has 0 aromatic heterocycles. The Bertz CT molecular complexity index is 755. The molecule has 0 aliphatic carbocycles. The molecule has 1 atom stereocenters. The van der Waals surface area contributed by atoms with Crippen LogP contribution in [0.25, 0.3) is 6.08 Å². The van der Waals surface area contributed by atoms with Crippen molar-refractivity contribution in [3.8, 4) is 0 Å². The quantitative estimate of drug-likeness (QED) is 0.459. The van der Waals surface area contributed by atoms with Crippen LogP contribution in [0.1, 0.15) is 11.1 Å². The molecule has 0 aliphatic rings. The molecule has 0 bridgehead atoms. The summed E-state index contributed by atoms with van der Waals surface area (Å²) in [4.78, 5) is 35.6. The van der Waals surface area contributed by atoms with Crippen molar-refractivity contribution >= 4 is 24.2 Å². The zero-order valence-electron chi connectivity index (χ0n) is 13.9. The minimum atomic E-state index is -0.785. The van der Waals surface area contributed by atoms with Gasteiger partial charge in [0.25, 0.3) is 5.91 Å². The minimum absolute atomic E-state index is 0.159. The summed E-state index contributed by atoms with van der Waals surface area (Å²) in [6.07, 6.45) is 3.40. The van der Waals surface area contributed by atoms with Crippen LogP contribution in [0.3, 0.4) is 0 Å². The molecule has 127 valence electrons. The average Bonchev–Trinajstić information content (AvgIpc) is 2.66. The Balaban J connectivity index is 2.16. The summed E-state index contributed by atoms with van der Waals surface area (Å²) in [5, 5.41) is 5.13. The van der Waals surface area contributed by atoms with Crippen LogP contribution in [0, 0.1) is 0 Å². The number of likely N-dealkylation sites (N-methyl/N-ethyl adjacent to an activating group) is 1. The molecule has 2 aromatic rings. The number of carbonyl (C=O) groups is 2. The van der Waals surface area contributed by atoms with Gasteiger partial charge in [-0.3, -0.25) is 14.4 Å². The van der Waals surface area contributed by atoms with Gasteiger partial charge < -0.3 is 10.6 Å². The number of rotatable bonds is 7. The van der Waals surface area contributed by atoms with Crippen LogP contribution in [0.5, 0.6) is 0 Å². The summed E-state index contributed by atoms with van der Waals surface area (Å²) >= 11 is 0. The van der Waals surface area contributed by atoms with Gasteiger partial charge in [-0.05, 0) is 17.2 Å². The fourth-order valence-electron chi connectivity index (χ4n) is 2.33. The molecule has 1 radical (unpaired) electrons. The highest BCUT2D eigenvalue weighted by molar-refractivity contribution is 6.15.